The number of carbonyl (C=O) groups excluding carboxylic acids is 1. The van der Waals surface area contributed by atoms with Crippen molar-refractivity contribution in [1.29, 1.82) is 0 Å². The summed E-state index contributed by atoms with van der Waals surface area (Å²) in [4.78, 5) is 12.1. The van der Waals surface area contributed by atoms with Crippen LogP contribution in [0.25, 0.3) is 5.57 Å². The van der Waals surface area contributed by atoms with Gasteiger partial charge in [-0.3, -0.25) is 0 Å². The van der Waals surface area contributed by atoms with Crippen molar-refractivity contribution in [3.8, 4) is 0 Å². The standard InChI is InChI=1S/C16H28N2O4Si/c1-7-22-16(19)15-10-14(13(2)11-20-3)17-18(15)12-21-8-9-23(4,5)6/h10-11H,7-9,12H2,1-6H3. The Morgan fingerprint density at radius 1 is 1.39 bits per heavy atom. The van der Waals surface area contributed by atoms with Gasteiger partial charge in [0.15, 0.2) is 0 Å². The fourth-order valence-corrected chi connectivity index (χ4v) is 2.60. The van der Waals surface area contributed by atoms with Crippen molar-refractivity contribution in [1.82, 2.24) is 9.78 Å². The number of esters is 1. The van der Waals surface area contributed by atoms with E-state index in [1.54, 1.807) is 31.0 Å². The maximum absolute atomic E-state index is 12.1. The van der Waals surface area contributed by atoms with Crippen LogP contribution in [0.3, 0.4) is 0 Å². The average Bonchev–Trinajstić information content (AvgIpc) is 2.87. The lowest BCUT2D eigenvalue weighted by molar-refractivity contribution is 0.0455. The zero-order chi connectivity index (χ0) is 17.5. The van der Waals surface area contributed by atoms with Gasteiger partial charge in [-0.2, -0.15) is 5.10 Å². The van der Waals surface area contributed by atoms with Crippen molar-refractivity contribution >= 4 is 19.6 Å². The molecule has 1 rings (SSSR count). The Morgan fingerprint density at radius 2 is 2.09 bits per heavy atom. The van der Waals surface area contributed by atoms with E-state index in [0.29, 0.717) is 24.6 Å². The molecular formula is C16H28N2O4Si. The maximum Gasteiger partial charge on any atom is 0.356 e. The molecule has 0 fully saturated rings. The molecule has 130 valence electrons. The number of allylic oxidation sites excluding steroid dienone is 1. The molecule has 1 aromatic heterocycles. The van der Waals surface area contributed by atoms with E-state index in [2.05, 4.69) is 24.7 Å². The van der Waals surface area contributed by atoms with Gasteiger partial charge in [0.05, 0.1) is 25.7 Å². The van der Waals surface area contributed by atoms with Crippen LogP contribution in [0.2, 0.25) is 25.7 Å². The summed E-state index contributed by atoms with van der Waals surface area (Å²) in [7, 11) is 0.437. The molecular weight excluding hydrogens is 312 g/mol. The van der Waals surface area contributed by atoms with Gasteiger partial charge in [0.2, 0.25) is 0 Å². The number of carbonyl (C=O) groups is 1. The van der Waals surface area contributed by atoms with Gasteiger partial charge in [-0.1, -0.05) is 19.6 Å². The van der Waals surface area contributed by atoms with Gasteiger partial charge in [-0.25, -0.2) is 9.48 Å². The highest BCUT2D eigenvalue weighted by Crippen LogP contribution is 2.16. The smallest absolute Gasteiger partial charge is 0.356 e. The summed E-state index contributed by atoms with van der Waals surface area (Å²) in [6, 6.07) is 2.77. The molecule has 23 heavy (non-hydrogen) atoms. The van der Waals surface area contributed by atoms with Crippen LogP contribution in [0.15, 0.2) is 12.3 Å². The van der Waals surface area contributed by atoms with Crippen LogP contribution >= 0.6 is 0 Å². The van der Waals surface area contributed by atoms with Crippen molar-refractivity contribution < 1.29 is 19.0 Å². The summed E-state index contributed by atoms with van der Waals surface area (Å²) < 4.78 is 17.3. The fourth-order valence-electron chi connectivity index (χ4n) is 1.84. The zero-order valence-corrected chi connectivity index (χ0v) is 16.0. The molecule has 0 aliphatic heterocycles. The lowest BCUT2D eigenvalue weighted by Crippen LogP contribution is -2.22. The number of aromatic nitrogens is 2. The Morgan fingerprint density at radius 3 is 2.65 bits per heavy atom. The molecule has 0 aliphatic rings. The first-order chi connectivity index (χ1) is 10.8. The Hall–Kier alpha value is -1.60. The Kier molecular flexibility index (Phi) is 7.51. The number of methoxy groups -OCH3 is 1. The molecule has 6 nitrogen and oxygen atoms in total. The Bertz CT molecular complexity index is 547. The molecule has 0 amide bonds. The first-order valence-electron chi connectivity index (χ1n) is 7.81. The third-order valence-corrected chi connectivity index (χ3v) is 4.88. The highest BCUT2D eigenvalue weighted by atomic mass is 28.3. The van der Waals surface area contributed by atoms with Gasteiger partial charge in [0, 0.05) is 20.3 Å². The molecule has 7 heteroatoms. The maximum atomic E-state index is 12.1. The predicted molar refractivity (Wildman–Crippen MR) is 92.9 cm³/mol. The van der Waals surface area contributed by atoms with E-state index in [9.17, 15) is 4.79 Å². The average molecular weight is 340 g/mol. The number of nitrogens with zero attached hydrogens (tertiary/aromatic N) is 2. The second-order valence-electron chi connectivity index (χ2n) is 6.52. The van der Waals surface area contributed by atoms with Crippen LogP contribution in [0.1, 0.15) is 30.0 Å². The van der Waals surface area contributed by atoms with Gasteiger partial charge >= 0.3 is 5.97 Å². The number of hydrogen-bond acceptors (Lipinski definition) is 5. The number of rotatable bonds is 9. The molecule has 0 saturated carbocycles. The van der Waals surface area contributed by atoms with E-state index < -0.39 is 14.0 Å². The predicted octanol–water partition coefficient (Wildman–Crippen LogP) is 3.38. The van der Waals surface area contributed by atoms with Crippen LogP contribution in [-0.4, -0.2) is 44.1 Å². The molecule has 0 radical (unpaired) electrons. The van der Waals surface area contributed by atoms with E-state index in [0.717, 1.165) is 11.6 Å². The largest absolute Gasteiger partial charge is 0.504 e. The summed E-state index contributed by atoms with van der Waals surface area (Å²) in [6.07, 6.45) is 1.59. The molecule has 0 aromatic carbocycles. The second-order valence-corrected chi connectivity index (χ2v) is 12.1. The van der Waals surface area contributed by atoms with Gasteiger partial charge in [0.25, 0.3) is 0 Å². The van der Waals surface area contributed by atoms with E-state index >= 15 is 0 Å². The van der Waals surface area contributed by atoms with Crippen molar-refractivity contribution in [3.63, 3.8) is 0 Å². The Labute approximate surface area is 139 Å². The minimum atomic E-state index is -1.14. The molecule has 0 unspecified atom stereocenters. The van der Waals surface area contributed by atoms with Crippen LogP contribution in [0.5, 0.6) is 0 Å². The first kappa shape index (κ1) is 19.4. The van der Waals surface area contributed by atoms with Crippen LogP contribution in [0.4, 0.5) is 0 Å². The summed E-state index contributed by atoms with van der Waals surface area (Å²) in [5.41, 5.74) is 1.89. The molecule has 0 atom stereocenters. The van der Waals surface area contributed by atoms with Crippen LogP contribution in [-0.2, 0) is 20.9 Å². The SMILES string of the molecule is CCOC(=O)c1cc(C(C)=COC)nn1COCC[Si](C)(C)C. The van der Waals surface area contributed by atoms with E-state index in [-0.39, 0.29) is 6.73 Å². The van der Waals surface area contributed by atoms with Gasteiger partial charge in [-0.05, 0) is 26.0 Å². The lowest BCUT2D eigenvalue weighted by atomic mass is 10.2. The first-order valence-corrected chi connectivity index (χ1v) is 11.5. The third kappa shape index (κ3) is 6.58. The van der Waals surface area contributed by atoms with E-state index in [1.807, 2.05) is 6.92 Å². The quantitative estimate of drug-likeness (QED) is 0.298. The lowest BCUT2D eigenvalue weighted by Gasteiger charge is -2.15. The number of hydrogen-bond donors (Lipinski definition) is 0. The third-order valence-electron chi connectivity index (χ3n) is 3.17. The van der Waals surface area contributed by atoms with Crippen LogP contribution in [0, 0.1) is 0 Å². The summed E-state index contributed by atoms with van der Waals surface area (Å²) in [6.45, 7) is 11.8. The van der Waals surface area contributed by atoms with Crippen LogP contribution < -0.4 is 0 Å². The molecule has 1 aromatic rings. The second kappa shape index (κ2) is 8.88. The Balaban J connectivity index is 2.85. The molecule has 0 spiro atoms. The summed E-state index contributed by atoms with van der Waals surface area (Å²) >= 11 is 0. The van der Waals surface area contributed by atoms with E-state index in [4.69, 9.17) is 14.2 Å². The highest BCUT2D eigenvalue weighted by Gasteiger charge is 2.18. The van der Waals surface area contributed by atoms with Gasteiger partial charge in [0.1, 0.15) is 12.4 Å². The van der Waals surface area contributed by atoms with Crippen molar-refractivity contribution in [2.45, 2.75) is 46.3 Å². The highest BCUT2D eigenvalue weighted by molar-refractivity contribution is 6.76. The monoisotopic (exact) mass is 340 g/mol. The zero-order valence-electron chi connectivity index (χ0n) is 15.0. The molecule has 0 N–H and O–H groups in total. The molecule has 0 aliphatic carbocycles. The minimum absolute atomic E-state index is 0.235. The normalized spacial score (nSPS) is 12.3. The van der Waals surface area contributed by atoms with Crippen molar-refractivity contribution in [2.24, 2.45) is 0 Å². The van der Waals surface area contributed by atoms with Crippen molar-refractivity contribution in [3.05, 3.63) is 23.7 Å². The summed E-state index contributed by atoms with van der Waals surface area (Å²) in [5.74, 6) is -0.398. The topological polar surface area (TPSA) is 62.6 Å². The molecule has 0 saturated heterocycles. The van der Waals surface area contributed by atoms with E-state index in [1.165, 1.54) is 0 Å². The molecule has 1 heterocycles. The van der Waals surface area contributed by atoms with Gasteiger partial charge in [-0.15, -0.1) is 0 Å². The fraction of sp³-hybridized carbons (Fsp3) is 0.625. The number of ether oxygens (including phenoxy) is 3. The summed E-state index contributed by atoms with van der Waals surface area (Å²) in [5, 5.41) is 4.42. The van der Waals surface area contributed by atoms with Gasteiger partial charge < -0.3 is 14.2 Å². The molecule has 0 bridgehead atoms. The van der Waals surface area contributed by atoms with Crippen molar-refractivity contribution in [2.75, 3.05) is 20.3 Å². The minimum Gasteiger partial charge on any atom is -0.504 e.